The molecule has 1 atom stereocenters. The summed E-state index contributed by atoms with van der Waals surface area (Å²) in [5.74, 6) is 1.33. The largest absolute Gasteiger partial charge is 0.497 e. The molecule has 23 heavy (non-hydrogen) atoms. The Morgan fingerprint density at radius 3 is 3.04 bits per heavy atom. The van der Waals surface area contributed by atoms with Crippen molar-refractivity contribution in [3.8, 4) is 5.75 Å². The van der Waals surface area contributed by atoms with E-state index in [0.29, 0.717) is 5.92 Å². The quantitative estimate of drug-likeness (QED) is 0.927. The number of hydrogen-bond donors (Lipinski definition) is 1. The summed E-state index contributed by atoms with van der Waals surface area (Å²) in [5.41, 5.74) is 8.02. The van der Waals surface area contributed by atoms with Crippen molar-refractivity contribution in [1.29, 1.82) is 0 Å². The van der Waals surface area contributed by atoms with E-state index in [1.807, 2.05) is 36.4 Å². The lowest BCUT2D eigenvalue weighted by molar-refractivity contribution is 0.387. The van der Waals surface area contributed by atoms with Gasteiger partial charge in [-0.25, -0.2) is 5.01 Å². The van der Waals surface area contributed by atoms with E-state index in [1.54, 1.807) is 7.11 Å². The number of hydrogen-bond acceptors (Lipinski definition) is 4. The maximum Gasteiger partial charge on any atom is 0.120 e. The number of methoxy groups -OCH3 is 1. The van der Waals surface area contributed by atoms with E-state index in [-0.39, 0.29) is 0 Å². The van der Waals surface area contributed by atoms with Crippen molar-refractivity contribution in [2.75, 3.05) is 25.6 Å². The molecule has 2 heterocycles. The summed E-state index contributed by atoms with van der Waals surface area (Å²) in [6.07, 6.45) is 1.03. The van der Waals surface area contributed by atoms with Gasteiger partial charge >= 0.3 is 0 Å². The molecule has 4 rings (SSSR count). The van der Waals surface area contributed by atoms with Crippen molar-refractivity contribution in [2.45, 2.75) is 6.42 Å². The van der Waals surface area contributed by atoms with Crippen molar-refractivity contribution < 1.29 is 4.74 Å². The van der Waals surface area contributed by atoms with Crippen LogP contribution >= 0.6 is 11.6 Å². The Bertz CT molecular complexity index is 775. The molecule has 5 heteroatoms. The second kappa shape index (κ2) is 5.87. The van der Waals surface area contributed by atoms with Crippen molar-refractivity contribution in [3.05, 3.63) is 53.1 Å². The second-order valence-electron chi connectivity index (χ2n) is 6.00. The summed E-state index contributed by atoms with van der Waals surface area (Å²) in [5, 5.41) is 2.96. The highest BCUT2D eigenvalue weighted by molar-refractivity contribution is 6.30. The summed E-state index contributed by atoms with van der Waals surface area (Å²) in [6.45, 7) is 1.78. The van der Waals surface area contributed by atoms with Gasteiger partial charge in [0.15, 0.2) is 0 Å². The molecule has 4 nitrogen and oxygen atoms in total. The molecular formula is C18H18ClN3O. The van der Waals surface area contributed by atoms with Gasteiger partial charge in [-0.05, 0) is 36.2 Å². The van der Waals surface area contributed by atoms with Crippen LogP contribution in [0.2, 0.25) is 5.02 Å². The first-order valence-electron chi connectivity index (χ1n) is 7.73. The molecule has 2 aliphatic rings. The lowest BCUT2D eigenvalue weighted by Crippen LogP contribution is -2.27. The summed E-state index contributed by atoms with van der Waals surface area (Å²) in [4.78, 5) is 4.82. The van der Waals surface area contributed by atoms with E-state index in [9.17, 15) is 0 Å². The second-order valence-corrected chi connectivity index (χ2v) is 6.44. The van der Waals surface area contributed by atoms with Gasteiger partial charge in [-0.1, -0.05) is 23.7 Å². The van der Waals surface area contributed by atoms with Crippen LogP contribution in [0.25, 0.3) is 0 Å². The van der Waals surface area contributed by atoms with E-state index in [1.165, 1.54) is 11.3 Å². The van der Waals surface area contributed by atoms with Gasteiger partial charge < -0.3 is 10.2 Å². The van der Waals surface area contributed by atoms with Crippen molar-refractivity contribution in [2.24, 2.45) is 10.9 Å². The third kappa shape index (κ3) is 2.92. The molecule has 2 aromatic rings. The first kappa shape index (κ1) is 14.5. The maximum atomic E-state index is 6.08. The Morgan fingerprint density at radius 1 is 1.26 bits per heavy atom. The normalized spacial score (nSPS) is 19.7. The average molecular weight is 328 g/mol. The van der Waals surface area contributed by atoms with Gasteiger partial charge in [0.25, 0.3) is 0 Å². The van der Waals surface area contributed by atoms with Crippen molar-refractivity contribution in [3.63, 3.8) is 0 Å². The molecule has 2 aliphatic heterocycles. The minimum atomic E-state index is 0.474. The Morgan fingerprint density at radius 2 is 2.17 bits per heavy atom. The number of fused-ring (bicyclic) bond motifs is 2. The molecule has 2 aromatic carbocycles. The van der Waals surface area contributed by atoms with E-state index < -0.39 is 0 Å². The van der Waals surface area contributed by atoms with E-state index >= 15 is 0 Å². The van der Waals surface area contributed by atoms with Gasteiger partial charge in [-0.3, -0.25) is 4.99 Å². The average Bonchev–Trinajstić information content (AvgIpc) is 2.93. The number of anilines is 1. The minimum absolute atomic E-state index is 0.474. The first-order valence-corrected chi connectivity index (χ1v) is 8.10. The Hall–Kier alpha value is -2.04. The van der Waals surface area contributed by atoms with Crippen LogP contribution in [0.15, 0.2) is 47.5 Å². The van der Waals surface area contributed by atoms with Gasteiger partial charge in [0.1, 0.15) is 5.75 Å². The number of nitrogens with zero attached hydrogens (tertiary/aromatic N) is 2. The molecule has 118 valence electrons. The summed E-state index contributed by atoms with van der Waals surface area (Å²) in [7, 11) is 1.68. The zero-order valence-electron chi connectivity index (χ0n) is 12.9. The van der Waals surface area contributed by atoms with Crippen LogP contribution < -0.4 is 10.2 Å². The topological polar surface area (TPSA) is 36.9 Å². The van der Waals surface area contributed by atoms with Crippen molar-refractivity contribution in [1.82, 2.24) is 5.01 Å². The highest BCUT2D eigenvalue weighted by Crippen LogP contribution is 2.34. The highest BCUT2D eigenvalue weighted by atomic mass is 35.5. The van der Waals surface area contributed by atoms with Crippen LogP contribution in [0.4, 0.5) is 11.4 Å². The van der Waals surface area contributed by atoms with Crippen LogP contribution in [0.5, 0.6) is 5.75 Å². The Kier molecular flexibility index (Phi) is 3.71. The molecule has 1 unspecified atom stereocenters. The van der Waals surface area contributed by atoms with Crippen LogP contribution in [-0.2, 0) is 6.42 Å². The number of nitrogens with one attached hydrogen (secondary N) is 1. The third-order valence-corrected chi connectivity index (χ3v) is 4.63. The van der Waals surface area contributed by atoms with Gasteiger partial charge in [0.05, 0.1) is 25.0 Å². The molecule has 0 bridgehead atoms. The van der Waals surface area contributed by atoms with E-state index in [0.717, 1.165) is 41.7 Å². The standard InChI is InChI=1S/C18H18ClN3O/c1-23-16-4-2-3-15(9-16)21-22-10-13-7-12-5-6-14(19)8-17(12)20-18(13)11-22/h2-6,8-9,13,21H,7,10-11H2,1H3. The van der Waals surface area contributed by atoms with Gasteiger partial charge in [0.2, 0.25) is 0 Å². The zero-order chi connectivity index (χ0) is 15.8. The smallest absolute Gasteiger partial charge is 0.120 e. The number of rotatable bonds is 3. The molecule has 1 fully saturated rings. The fraction of sp³-hybridized carbons (Fsp3) is 0.278. The fourth-order valence-corrected chi connectivity index (χ4v) is 3.43. The zero-order valence-corrected chi connectivity index (χ0v) is 13.7. The lowest BCUT2D eigenvalue weighted by atomic mass is 9.93. The number of ether oxygens (including phenoxy) is 1. The molecule has 0 amide bonds. The minimum Gasteiger partial charge on any atom is -0.497 e. The highest BCUT2D eigenvalue weighted by Gasteiger charge is 2.32. The first-order chi connectivity index (χ1) is 11.2. The molecular weight excluding hydrogens is 310 g/mol. The summed E-state index contributed by atoms with van der Waals surface area (Å²) in [6, 6.07) is 14.0. The third-order valence-electron chi connectivity index (χ3n) is 4.40. The predicted molar refractivity (Wildman–Crippen MR) is 93.9 cm³/mol. The number of halogens is 1. The lowest BCUT2D eigenvalue weighted by Gasteiger charge is -2.19. The van der Waals surface area contributed by atoms with Gasteiger partial charge in [-0.15, -0.1) is 0 Å². The number of aliphatic imine (C=N–C) groups is 1. The molecule has 0 spiro atoms. The van der Waals surface area contributed by atoms with Crippen LogP contribution in [-0.4, -0.2) is 30.9 Å². The SMILES string of the molecule is COc1cccc(NN2CC3=Nc4cc(Cl)ccc4CC3C2)c1. The van der Waals surface area contributed by atoms with Gasteiger partial charge in [-0.2, -0.15) is 0 Å². The van der Waals surface area contributed by atoms with Crippen LogP contribution in [0.1, 0.15) is 5.56 Å². The van der Waals surface area contributed by atoms with Crippen LogP contribution in [0.3, 0.4) is 0 Å². The number of benzene rings is 2. The van der Waals surface area contributed by atoms with Crippen molar-refractivity contribution >= 4 is 28.7 Å². The van der Waals surface area contributed by atoms with Gasteiger partial charge in [0, 0.05) is 29.3 Å². The summed E-state index contributed by atoms with van der Waals surface area (Å²) >= 11 is 6.08. The Balaban J connectivity index is 1.51. The summed E-state index contributed by atoms with van der Waals surface area (Å²) < 4.78 is 5.27. The van der Waals surface area contributed by atoms with E-state index in [4.69, 9.17) is 21.3 Å². The van der Waals surface area contributed by atoms with E-state index in [2.05, 4.69) is 16.5 Å². The fourth-order valence-electron chi connectivity index (χ4n) is 3.26. The molecule has 1 saturated heterocycles. The number of hydrazine groups is 1. The van der Waals surface area contributed by atoms with Crippen LogP contribution in [0, 0.1) is 5.92 Å². The molecule has 1 N–H and O–H groups in total. The molecule has 0 aromatic heterocycles. The molecule has 0 radical (unpaired) electrons. The monoisotopic (exact) mass is 327 g/mol. The predicted octanol–water partition coefficient (Wildman–Crippen LogP) is 3.94. The maximum absolute atomic E-state index is 6.08. The molecule has 0 aliphatic carbocycles. The molecule has 0 saturated carbocycles. The Labute approximate surface area is 140 Å².